The standard InChI is InChI=1S/C28H42O2Si4/c1-31(2,3)25(27(21-29)33(7,8)9)19-17-23-13-15-24(16-14-23)18-20-26(32(4,5)6)28(22-30)34(10,11)12/h13-18H,1-12H3. The van der Waals surface area contributed by atoms with Crippen molar-refractivity contribution in [3.8, 4) is 0 Å². The van der Waals surface area contributed by atoms with Gasteiger partial charge >= 0.3 is 0 Å². The van der Waals surface area contributed by atoms with E-state index in [1.54, 1.807) is 0 Å². The molecule has 0 aliphatic carbocycles. The first-order valence-electron chi connectivity index (χ1n) is 11.9. The maximum absolute atomic E-state index is 11.8. The van der Waals surface area contributed by atoms with Crippen LogP contribution in [-0.4, -0.2) is 44.2 Å². The van der Waals surface area contributed by atoms with Crippen molar-refractivity contribution in [1.29, 1.82) is 0 Å². The average Bonchev–Trinajstić information content (AvgIpc) is 2.65. The van der Waals surface area contributed by atoms with Crippen molar-refractivity contribution in [2.24, 2.45) is 0 Å². The Bertz CT molecular complexity index is 1040. The summed E-state index contributed by atoms with van der Waals surface area (Å²) in [6.45, 7) is 26.6. The van der Waals surface area contributed by atoms with E-state index in [-0.39, 0.29) is 0 Å². The summed E-state index contributed by atoms with van der Waals surface area (Å²) in [5.74, 6) is 4.53. The summed E-state index contributed by atoms with van der Waals surface area (Å²) in [4.78, 5) is 23.6. The second-order valence-corrected chi connectivity index (χ2v) is 32.9. The van der Waals surface area contributed by atoms with Crippen molar-refractivity contribution in [2.75, 3.05) is 0 Å². The van der Waals surface area contributed by atoms with E-state index < -0.39 is 32.3 Å². The third-order valence-corrected chi connectivity index (χ3v) is 13.4. The van der Waals surface area contributed by atoms with Gasteiger partial charge in [0.2, 0.25) is 0 Å². The van der Waals surface area contributed by atoms with Crippen LogP contribution in [0.15, 0.2) is 56.5 Å². The Hall–Kier alpha value is -1.97. The van der Waals surface area contributed by atoms with Crippen LogP contribution >= 0.6 is 0 Å². The number of hydrogen-bond acceptors (Lipinski definition) is 2. The first kappa shape index (κ1) is 30.1. The Balaban J connectivity index is 3.53. The molecule has 0 saturated heterocycles. The van der Waals surface area contributed by atoms with E-state index in [4.69, 9.17) is 0 Å². The van der Waals surface area contributed by atoms with Gasteiger partial charge in [-0.25, -0.2) is 9.59 Å². The van der Waals surface area contributed by atoms with E-state index in [0.717, 1.165) is 31.9 Å². The van der Waals surface area contributed by atoms with Gasteiger partial charge in [0.25, 0.3) is 0 Å². The fraction of sp³-hybridized carbons (Fsp3) is 0.429. The van der Waals surface area contributed by atoms with E-state index in [9.17, 15) is 9.59 Å². The normalized spacial score (nSPS) is 11.9. The second kappa shape index (κ2) is 11.2. The molecular weight excluding hydrogens is 481 g/mol. The monoisotopic (exact) mass is 522 g/mol. The maximum atomic E-state index is 11.8. The van der Waals surface area contributed by atoms with E-state index in [1.165, 1.54) is 0 Å². The van der Waals surface area contributed by atoms with Crippen LogP contribution in [0.1, 0.15) is 11.1 Å². The smallest absolute Gasteiger partial charge is 0.123 e. The summed E-state index contributed by atoms with van der Waals surface area (Å²) >= 11 is 0. The van der Waals surface area contributed by atoms with Crippen molar-refractivity contribution in [1.82, 2.24) is 0 Å². The minimum absolute atomic E-state index is 0.855. The molecule has 0 saturated carbocycles. The van der Waals surface area contributed by atoms with Crippen LogP contribution in [0, 0.1) is 0 Å². The van der Waals surface area contributed by atoms with E-state index >= 15 is 0 Å². The quantitative estimate of drug-likeness (QED) is 0.151. The fourth-order valence-electron chi connectivity index (χ4n) is 3.49. The summed E-state index contributed by atoms with van der Waals surface area (Å²) in [6.07, 6.45) is 3.97. The first-order chi connectivity index (χ1) is 15.3. The molecule has 0 spiro atoms. The van der Waals surface area contributed by atoms with Crippen molar-refractivity contribution in [3.63, 3.8) is 0 Å². The van der Waals surface area contributed by atoms with Crippen LogP contribution in [0.4, 0.5) is 0 Å². The SMILES string of the molecule is C[Si](C)(C)C(=C=O)C(=C=Cc1ccc(C=C=C(C(=C=O)[Si](C)(C)C)[Si](C)(C)C)cc1)[Si](C)(C)C. The number of rotatable bonds is 8. The number of hydrogen-bond donors (Lipinski definition) is 0. The summed E-state index contributed by atoms with van der Waals surface area (Å²) in [7, 11) is -7.11. The van der Waals surface area contributed by atoms with Gasteiger partial charge in [0.05, 0.1) is 32.3 Å². The Morgan fingerprint density at radius 2 is 0.735 bits per heavy atom. The Kier molecular flexibility index (Phi) is 9.88. The van der Waals surface area contributed by atoms with Crippen molar-refractivity contribution in [3.05, 3.63) is 67.6 Å². The van der Waals surface area contributed by atoms with Crippen LogP contribution in [0.2, 0.25) is 78.6 Å². The molecule has 2 nitrogen and oxygen atoms in total. The lowest BCUT2D eigenvalue weighted by atomic mass is 10.1. The third-order valence-electron chi connectivity index (χ3n) is 5.41. The van der Waals surface area contributed by atoms with Crippen LogP contribution < -0.4 is 0 Å². The molecule has 0 bridgehead atoms. The molecule has 0 N–H and O–H groups in total. The topological polar surface area (TPSA) is 34.1 Å². The van der Waals surface area contributed by atoms with Gasteiger partial charge in [0, 0.05) is 10.4 Å². The third kappa shape index (κ3) is 8.67. The molecule has 0 amide bonds. The Morgan fingerprint density at radius 3 is 0.912 bits per heavy atom. The van der Waals surface area contributed by atoms with Crippen molar-refractivity contribution in [2.45, 2.75) is 78.6 Å². The minimum Gasteiger partial charge on any atom is -0.234 e. The van der Waals surface area contributed by atoms with Crippen molar-refractivity contribution < 1.29 is 9.59 Å². The molecule has 0 unspecified atom stereocenters. The predicted molar refractivity (Wildman–Crippen MR) is 161 cm³/mol. The minimum atomic E-state index is -1.80. The lowest BCUT2D eigenvalue weighted by Crippen LogP contribution is -2.35. The van der Waals surface area contributed by atoms with Gasteiger partial charge in [-0.1, -0.05) is 103 Å². The average molecular weight is 523 g/mol. The summed E-state index contributed by atoms with van der Waals surface area (Å²) in [5.41, 5.74) is 9.05. The molecule has 1 rings (SSSR count). The zero-order chi connectivity index (χ0) is 26.5. The molecule has 0 radical (unpaired) electrons. The molecule has 0 aliphatic heterocycles. The molecule has 0 aromatic heterocycles. The molecule has 1 aromatic carbocycles. The largest absolute Gasteiger partial charge is 0.234 e. The van der Waals surface area contributed by atoms with E-state index in [2.05, 4.69) is 126 Å². The summed E-state index contributed by atoms with van der Waals surface area (Å²) in [5, 5.41) is 3.86. The first-order valence-corrected chi connectivity index (χ1v) is 25.9. The highest BCUT2D eigenvalue weighted by molar-refractivity contribution is 6.93. The fourth-order valence-corrected chi connectivity index (χ4v) is 12.9. The highest BCUT2D eigenvalue weighted by Gasteiger charge is 2.32. The highest BCUT2D eigenvalue weighted by atomic mass is 28.3. The summed E-state index contributed by atoms with van der Waals surface area (Å²) in [6, 6.07) is 8.24. The molecular formula is C28H42O2Si4. The van der Waals surface area contributed by atoms with Gasteiger partial charge < -0.3 is 0 Å². The van der Waals surface area contributed by atoms with Gasteiger partial charge in [-0.3, -0.25) is 0 Å². The second-order valence-electron chi connectivity index (χ2n) is 12.9. The van der Waals surface area contributed by atoms with Gasteiger partial charge in [-0.05, 0) is 33.7 Å². The lowest BCUT2D eigenvalue weighted by molar-refractivity contribution is 0.567. The lowest BCUT2D eigenvalue weighted by Gasteiger charge is -2.26. The van der Waals surface area contributed by atoms with Crippen LogP contribution in [0.25, 0.3) is 12.2 Å². The zero-order valence-corrected chi connectivity index (χ0v) is 27.3. The van der Waals surface area contributed by atoms with Crippen molar-refractivity contribution >= 4 is 56.3 Å². The molecule has 6 heteroatoms. The van der Waals surface area contributed by atoms with Gasteiger partial charge in [-0.15, -0.1) is 11.5 Å². The Morgan fingerprint density at radius 1 is 0.500 bits per heavy atom. The molecule has 0 aliphatic rings. The molecule has 0 atom stereocenters. The molecule has 34 heavy (non-hydrogen) atoms. The maximum Gasteiger partial charge on any atom is 0.123 e. The molecule has 0 heterocycles. The summed E-state index contributed by atoms with van der Waals surface area (Å²) < 4.78 is 0. The van der Waals surface area contributed by atoms with Crippen LogP contribution in [0.3, 0.4) is 0 Å². The van der Waals surface area contributed by atoms with Crippen LogP contribution in [-0.2, 0) is 9.59 Å². The molecule has 182 valence electrons. The van der Waals surface area contributed by atoms with Crippen LogP contribution in [0.5, 0.6) is 0 Å². The number of benzene rings is 1. The van der Waals surface area contributed by atoms with Gasteiger partial charge in [0.1, 0.15) is 11.9 Å². The van der Waals surface area contributed by atoms with Gasteiger partial charge in [-0.2, -0.15) is 0 Å². The number of carbonyl (C=O) groups excluding carboxylic acids is 2. The Labute approximate surface area is 211 Å². The van der Waals surface area contributed by atoms with E-state index in [0.29, 0.717) is 0 Å². The zero-order valence-electron chi connectivity index (χ0n) is 23.3. The predicted octanol–water partition coefficient (Wildman–Crippen LogP) is 7.79. The van der Waals surface area contributed by atoms with Gasteiger partial charge in [0.15, 0.2) is 0 Å². The number of allylic oxidation sites excluding steroid dienone is 4. The molecule has 1 aromatic rings. The van der Waals surface area contributed by atoms with E-state index in [1.807, 2.05) is 12.2 Å². The highest BCUT2D eigenvalue weighted by Crippen LogP contribution is 2.29. The molecule has 0 fully saturated rings.